The quantitative estimate of drug-likeness (QED) is 0.738. The Morgan fingerprint density at radius 1 is 1.33 bits per heavy atom. The molecule has 3 nitrogen and oxygen atoms in total. The predicted molar refractivity (Wildman–Crippen MR) is 74.7 cm³/mol. The largest absolute Gasteiger partial charge is 0.481 e. The number of hydrogen-bond acceptors (Lipinski definition) is 2. The molecule has 0 amide bonds. The summed E-state index contributed by atoms with van der Waals surface area (Å²) in [6.07, 6.45) is 10.9. The Bertz CT molecular complexity index is 257. The van der Waals surface area contributed by atoms with Gasteiger partial charge in [-0.1, -0.05) is 45.1 Å². The Labute approximate surface area is 111 Å². The van der Waals surface area contributed by atoms with Crippen LogP contribution in [0.25, 0.3) is 0 Å². The van der Waals surface area contributed by atoms with Gasteiger partial charge in [0.05, 0.1) is 5.92 Å². The van der Waals surface area contributed by atoms with E-state index in [1.807, 2.05) is 6.08 Å². The lowest BCUT2D eigenvalue weighted by molar-refractivity contribution is -0.141. The van der Waals surface area contributed by atoms with Crippen LogP contribution in [0, 0.1) is 5.92 Å². The first-order chi connectivity index (χ1) is 8.65. The number of aliphatic carboxylic acids is 1. The van der Waals surface area contributed by atoms with E-state index in [1.54, 1.807) is 6.92 Å². The van der Waals surface area contributed by atoms with E-state index in [0.29, 0.717) is 12.6 Å². The Morgan fingerprint density at radius 3 is 2.39 bits per heavy atom. The summed E-state index contributed by atoms with van der Waals surface area (Å²) in [5.74, 6) is -0.995. The average molecular weight is 253 g/mol. The molecule has 0 aromatic heterocycles. The molecule has 18 heavy (non-hydrogen) atoms. The zero-order chi connectivity index (χ0) is 13.4. The second kappa shape index (κ2) is 8.30. The van der Waals surface area contributed by atoms with Crippen LogP contribution >= 0.6 is 0 Å². The lowest BCUT2D eigenvalue weighted by atomic mass is 9.95. The normalized spacial score (nSPS) is 20.1. The molecule has 0 bridgehead atoms. The van der Waals surface area contributed by atoms with Gasteiger partial charge in [0.15, 0.2) is 0 Å². The number of hydrogen-bond donors (Lipinski definition) is 1. The van der Waals surface area contributed by atoms with E-state index < -0.39 is 5.97 Å². The van der Waals surface area contributed by atoms with E-state index in [1.165, 1.54) is 44.9 Å². The van der Waals surface area contributed by atoms with Gasteiger partial charge in [-0.25, -0.2) is 0 Å². The van der Waals surface area contributed by atoms with Crippen molar-refractivity contribution >= 4 is 5.97 Å². The smallest absolute Gasteiger partial charge is 0.307 e. The molecule has 0 aromatic carbocycles. The molecule has 0 radical (unpaired) electrons. The Hall–Kier alpha value is -0.830. The molecule has 1 fully saturated rings. The molecule has 0 aromatic rings. The number of nitrogens with zero attached hydrogens (tertiary/aromatic N) is 1. The lowest BCUT2D eigenvalue weighted by Gasteiger charge is -2.33. The minimum Gasteiger partial charge on any atom is -0.481 e. The van der Waals surface area contributed by atoms with Crippen molar-refractivity contribution in [2.45, 2.75) is 57.9 Å². The fourth-order valence-corrected chi connectivity index (χ4v) is 2.77. The highest BCUT2D eigenvalue weighted by Gasteiger charge is 2.22. The van der Waals surface area contributed by atoms with Gasteiger partial charge in [-0.15, -0.1) is 6.58 Å². The van der Waals surface area contributed by atoms with Crippen molar-refractivity contribution in [3.8, 4) is 0 Å². The van der Waals surface area contributed by atoms with Crippen LogP contribution in [0.15, 0.2) is 12.7 Å². The fourth-order valence-electron chi connectivity index (χ4n) is 2.77. The van der Waals surface area contributed by atoms with Crippen LogP contribution < -0.4 is 0 Å². The van der Waals surface area contributed by atoms with Crippen molar-refractivity contribution in [2.75, 3.05) is 13.1 Å². The number of rotatable bonds is 6. The number of carboxylic acids is 1. The molecule has 0 heterocycles. The second-order valence-corrected chi connectivity index (χ2v) is 5.48. The highest BCUT2D eigenvalue weighted by molar-refractivity contribution is 5.69. The first-order valence-electron chi connectivity index (χ1n) is 7.23. The molecule has 1 unspecified atom stereocenters. The van der Waals surface area contributed by atoms with E-state index in [4.69, 9.17) is 5.11 Å². The highest BCUT2D eigenvalue weighted by atomic mass is 16.4. The van der Waals surface area contributed by atoms with Crippen LogP contribution in [-0.2, 0) is 4.79 Å². The molecule has 3 heteroatoms. The molecule has 1 aliphatic rings. The van der Waals surface area contributed by atoms with Gasteiger partial charge < -0.3 is 5.11 Å². The Kier molecular flexibility index (Phi) is 7.02. The third-order valence-electron chi connectivity index (χ3n) is 3.88. The molecule has 1 rings (SSSR count). The average Bonchev–Trinajstić information content (AvgIpc) is 2.27. The predicted octanol–water partition coefficient (Wildman–Crippen LogP) is 3.31. The minimum atomic E-state index is -0.699. The van der Waals surface area contributed by atoms with Gasteiger partial charge in [-0.2, -0.15) is 0 Å². The fraction of sp³-hybridized carbons (Fsp3) is 0.800. The van der Waals surface area contributed by atoms with Crippen LogP contribution in [0.5, 0.6) is 0 Å². The standard InChI is InChI=1S/C15H27NO2/c1-3-11-16(12-13(2)15(17)18)14-9-7-5-4-6-8-10-14/h3,13-14H,1,4-12H2,2H3,(H,17,18). The summed E-state index contributed by atoms with van der Waals surface area (Å²) in [4.78, 5) is 13.3. The van der Waals surface area contributed by atoms with Crippen LogP contribution in [-0.4, -0.2) is 35.1 Å². The van der Waals surface area contributed by atoms with Gasteiger partial charge in [0.25, 0.3) is 0 Å². The first-order valence-corrected chi connectivity index (χ1v) is 7.23. The van der Waals surface area contributed by atoms with Crippen molar-refractivity contribution in [2.24, 2.45) is 5.92 Å². The summed E-state index contributed by atoms with van der Waals surface area (Å²) < 4.78 is 0. The summed E-state index contributed by atoms with van der Waals surface area (Å²) in [5.41, 5.74) is 0. The van der Waals surface area contributed by atoms with Crippen molar-refractivity contribution < 1.29 is 9.90 Å². The van der Waals surface area contributed by atoms with Gasteiger partial charge in [0.2, 0.25) is 0 Å². The number of carbonyl (C=O) groups is 1. The van der Waals surface area contributed by atoms with E-state index in [9.17, 15) is 4.79 Å². The van der Waals surface area contributed by atoms with Gasteiger partial charge in [-0.3, -0.25) is 9.69 Å². The topological polar surface area (TPSA) is 40.5 Å². The van der Waals surface area contributed by atoms with Crippen molar-refractivity contribution in [3.63, 3.8) is 0 Å². The molecule has 0 aliphatic heterocycles. The van der Waals surface area contributed by atoms with Gasteiger partial charge in [0, 0.05) is 19.1 Å². The molecule has 1 aliphatic carbocycles. The molecule has 1 saturated carbocycles. The van der Waals surface area contributed by atoms with Crippen LogP contribution in [0.4, 0.5) is 0 Å². The van der Waals surface area contributed by atoms with Crippen molar-refractivity contribution in [1.82, 2.24) is 4.90 Å². The first kappa shape index (κ1) is 15.2. The highest BCUT2D eigenvalue weighted by Crippen LogP contribution is 2.22. The molecule has 104 valence electrons. The van der Waals surface area contributed by atoms with Gasteiger partial charge in [-0.05, 0) is 12.8 Å². The lowest BCUT2D eigenvalue weighted by Crippen LogP contribution is -2.40. The third-order valence-corrected chi connectivity index (χ3v) is 3.88. The van der Waals surface area contributed by atoms with Crippen LogP contribution in [0.1, 0.15) is 51.9 Å². The molecular formula is C15H27NO2. The summed E-state index contributed by atoms with van der Waals surface area (Å²) in [5, 5.41) is 9.05. The van der Waals surface area contributed by atoms with E-state index in [-0.39, 0.29) is 5.92 Å². The summed E-state index contributed by atoms with van der Waals surface area (Å²) in [6.45, 7) is 7.05. The van der Waals surface area contributed by atoms with Gasteiger partial charge >= 0.3 is 5.97 Å². The SMILES string of the molecule is C=CCN(CC(C)C(=O)O)C1CCCCCCC1. The maximum absolute atomic E-state index is 11.0. The Morgan fingerprint density at radius 2 is 1.89 bits per heavy atom. The molecule has 0 saturated heterocycles. The molecule has 1 atom stereocenters. The molecule has 1 N–H and O–H groups in total. The zero-order valence-corrected chi connectivity index (χ0v) is 11.6. The zero-order valence-electron chi connectivity index (χ0n) is 11.6. The monoisotopic (exact) mass is 253 g/mol. The molecule has 0 spiro atoms. The summed E-state index contributed by atoms with van der Waals surface area (Å²) in [6, 6.07) is 0.546. The van der Waals surface area contributed by atoms with E-state index in [0.717, 1.165) is 6.54 Å². The maximum Gasteiger partial charge on any atom is 0.307 e. The summed E-state index contributed by atoms with van der Waals surface area (Å²) in [7, 11) is 0. The third kappa shape index (κ3) is 5.21. The summed E-state index contributed by atoms with van der Waals surface area (Å²) >= 11 is 0. The van der Waals surface area contributed by atoms with Crippen LogP contribution in [0.2, 0.25) is 0 Å². The van der Waals surface area contributed by atoms with E-state index >= 15 is 0 Å². The van der Waals surface area contributed by atoms with E-state index in [2.05, 4.69) is 11.5 Å². The maximum atomic E-state index is 11.0. The molecular weight excluding hydrogens is 226 g/mol. The Balaban J connectivity index is 2.56. The van der Waals surface area contributed by atoms with Gasteiger partial charge in [0.1, 0.15) is 0 Å². The second-order valence-electron chi connectivity index (χ2n) is 5.48. The minimum absolute atomic E-state index is 0.296. The van der Waals surface area contributed by atoms with Crippen molar-refractivity contribution in [3.05, 3.63) is 12.7 Å². The van der Waals surface area contributed by atoms with Crippen molar-refractivity contribution in [1.29, 1.82) is 0 Å². The van der Waals surface area contributed by atoms with Crippen LogP contribution in [0.3, 0.4) is 0 Å². The number of carboxylic acid groups (broad SMARTS) is 1.